The average molecular weight is 199 g/mol. The molecule has 0 bridgehead atoms. The lowest BCUT2D eigenvalue weighted by Gasteiger charge is -2.24. The molecule has 4 N–H and O–H groups in total. The lowest BCUT2D eigenvalue weighted by Crippen LogP contribution is -2.33. The first-order chi connectivity index (χ1) is 6.53. The molecule has 14 heavy (non-hydrogen) atoms. The first-order valence-electron chi connectivity index (χ1n) is 4.32. The number of alkyl halides is 1. The second-order valence-electron chi connectivity index (χ2n) is 3.60. The highest BCUT2D eigenvalue weighted by Crippen LogP contribution is 2.31. The van der Waals surface area contributed by atoms with Crippen LogP contribution in [0.1, 0.15) is 12.5 Å². The molecule has 0 aliphatic carbocycles. The minimum Gasteiger partial charge on any atom is -0.504 e. The number of hydrogen-bond acceptors (Lipinski definition) is 3. The molecule has 1 atom stereocenters. The van der Waals surface area contributed by atoms with Crippen LogP contribution in [-0.2, 0) is 5.41 Å². The number of nitrogens with two attached hydrogens (primary N) is 1. The minimum absolute atomic E-state index is 0.147. The topological polar surface area (TPSA) is 66.5 Å². The second-order valence-corrected chi connectivity index (χ2v) is 3.60. The van der Waals surface area contributed by atoms with Crippen LogP contribution in [0.15, 0.2) is 18.2 Å². The van der Waals surface area contributed by atoms with Gasteiger partial charge < -0.3 is 15.9 Å². The molecule has 0 saturated carbocycles. The van der Waals surface area contributed by atoms with Gasteiger partial charge in [-0.2, -0.15) is 0 Å². The fraction of sp³-hybridized carbons (Fsp3) is 0.400. The van der Waals surface area contributed by atoms with Crippen LogP contribution in [0.3, 0.4) is 0 Å². The Morgan fingerprint density at radius 1 is 1.36 bits per heavy atom. The van der Waals surface area contributed by atoms with Crippen molar-refractivity contribution in [3.05, 3.63) is 23.8 Å². The summed E-state index contributed by atoms with van der Waals surface area (Å²) in [5.74, 6) is -0.470. The standard InChI is InChI=1S/C10H14FNO2/c1-10(5-11,6-12)7-2-3-8(13)9(14)4-7/h2-4,13-14H,5-6,12H2,1H3. The number of rotatable bonds is 3. The third-order valence-corrected chi connectivity index (χ3v) is 2.42. The molecule has 1 aromatic carbocycles. The monoisotopic (exact) mass is 199 g/mol. The van der Waals surface area contributed by atoms with Gasteiger partial charge in [-0.3, -0.25) is 4.39 Å². The Bertz CT molecular complexity index is 324. The maximum absolute atomic E-state index is 12.7. The van der Waals surface area contributed by atoms with E-state index in [9.17, 15) is 9.50 Å². The van der Waals surface area contributed by atoms with Crippen molar-refractivity contribution in [3.63, 3.8) is 0 Å². The highest BCUT2D eigenvalue weighted by atomic mass is 19.1. The average Bonchev–Trinajstić information content (AvgIpc) is 2.21. The van der Waals surface area contributed by atoms with E-state index in [1.807, 2.05) is 0 Å². The summed E-state index contributed by atoms with van der Waals surface area (Å²) < 4.78 is 12.7. The molecule has 0 saturated heterocycles. The molecule has 4 heteroatoms. The van der Waals surface area contributed by atoms with Crippen molar-refractivity contribution in [1.29, 1.82) is 0 Å². The van der Waals surface area contributed by atoms with Crippen LogP contribution in [0.2, 0.25) is 0 Å². The van der Waals surface area contributed by atoms with Gasteiger partial charge in [-0.15, -0.1) is 0 Å². The van der Waals surface area contributed by atoms with Crippen molar-refractivity contribution < 1.29 is 14.6 Å². The molecule has 0 radical (unpaired) electrons. The predicted molar refractivity (Wildman–Crippen MR) is 52.2 cm³/mol. The van der Waals surface area contributed by atoms with E-state index in [1.165, 1.54) is 12.1 Å². The van der Waals surface area contributed by atoms with E-state index in [0.29, 0.717) is 5.56 Å². The Morgan fingerprint density at radius 3 is 2.43 bits per heavy atom. The lowest BCUT2D eigenvalue weighted by atomic mass is 9.84. The number of halogens is 1. The Balaban J connectivity index is 3.12. The molecule has 0 spiro atoms. The summed E-state index contributed by atoms with van der Waals surface area (Å²) >= 11 is 0. The number of benzene rings is 1. The van der Waals surface area contributed by atoms with Crippen molar-refractivity contribution in [1.82, 2.24) is 0 Å². The summed E-state index contributed by atoms with van der Waals surface area (Å²) in [6.07, 6.45) is 0. The zero-order valence-corrected chi connectivity index (χ0v) is 8.00. The Labute approximate surface area is 82.0 Å². The molecule has 0 heterocycles. The molecule has 1 aromatic rings. The zero-order valence-electron chi connectivity index (χ0n) is 8.00. The summed E-state index contributed by atoms with van der Waals surface area (Å²) in [6.45, 7) is 1.21. The van der Waals surface area contributed by atoms with Crippen LogP contribution in [0.4, 0.5) is 4.39 Å². The fourth-order valence-electron chi connectivity index (χ4n) is 1.15. The van der Waals surface area contributed by atoms with Crippen LogP contribution in [0.5, 0.6) is 11.5 Å². The number of hydrogen-bond donors (Lipinski definition) is 3. The molecule has 3 nitrogen and oxygen atoms in total. The third kappa shape index (κ3) is 1.80. The Morgan fingerprint density at radius 2 is 2.00 bits per heavy atom. The van der Waals surface area contributed by atoms with E-state index >= 15 is 0 Å². The SMILES string of the molecule is CC(CN)(CF)c1ccc(O)c(O)c1. The van der Waals surface area contributed by atoms with Crippen molar-refractivity contribution >= 4 is 0 Å². The molecule has 0 aliphatic heterocycles. The van der Waals surface area contributed by atoms with Crippen molar-refractivity contribution in [3.8, 4) is 11.5 Å². The van der Waals surface area contributed by atoms with E-state index in [0.717, 1.165) is 0 Å². The number of phenols is 2. The summed E-state index contributed by atoms with van der Waals surface area (Å²) in [7, 11) is 0. The number of phenolic OH excluding ortho intramolecular Hbond substituents is 2. The normalized spacial score (nSPS) is 15.1. The maximum Gasteiger partial charge on any atom is 0.157 e. The maximum atomic E-state index is 12.7. The van der Waals surface area contributed by atoms with Gasteiger partial charge in [0.15, 0.2) is 11.5 Å². The van der Waals surface area contributed by atoms with Gasteiger partial charge in [0.1, 0.15) is 0 Å². The quantitative estimate of drug-likeness (QED) is 0.642. The molecule has 78 valence electrons. The Hall–Kier alpha value is -1.29. The predicted octanol–water partition coefficient (Wildman–Crippen LogP) is 1.28. The molecule has 0 amide bonds. The summed E-state index contributed by atoms with van der Waals surface area (Å²) in [5, 5.41) is 18.3. The summed E-state index contributed by atoms with van der Waals surface area (Å²) in [6, 6.07) is 4.22. The summed E-state index contributed by atoms with van der Waals surface area (Å²) in [5.41, 5.74) is 5.23. The van der Waals surface area contributed by atoms with Crippen molar-refractivity contribution in [2.75, 3.05) is 13.2 Å². The van der Waals surface area contributed by atoms with Gasteiger partial charge in [-0.25, -0.2) is 0 Å². The molecule has 1 unspecified atom stereocenters. The van der Waals surface area contributed by atoms with Gasteiger partial charge in [-0.05, 0) is 17.7 Å². The third-order valence-electron chi connectivity index (χ3n) is 2.42. The second kappa shape index (κ2) is 3.84. The van der Waals surface area contributed by atoms with Gasteiger partial charge in [0, 0.05) is 12.0 Å². The van der Waals surface area contributed by atoms with Crippen LogP contribution in [-0.4, -0.2) is 23.4 Å². The van der Waals surface area contributed by atoms with E-state index < -0.39 is 12.1 Å². The van der Waals surface area contributed by atoms with Crippen molar-refractivity contribution in [2.24, 2.45) is 5.73 Å². The van der Waals surface area contributed by atoms with Gasteiger partial charge in [-0.1, -0.05) is 13.0 Å². The lowest BCUT2D eigenvalue weighted by molar-refractivity contribution is 0.331. The van der Waals surface area contributed by atoms with Crippen molar-refractivity contribution in [2.45, 2.75) is 12.3 Å². The molecule has 0 fully saturated rings. The molecular weight excluding hydrogens is 185 g/mol. The first kappa shape index (κ1) is 10.8. The van der Waals surface area contributed by atoms with E-state index in [2.05, 4.69) is 0 Å². The highest BCUT2D eigenvalue weighted by molar-refractivity contribution is 5.43. The first-order valence-corrected chi connectivity index (χ1v) is 4.32. The zero-order chi connectivity index (χ0) is 10.8. The fourth-order valence-corrected chi connectivity index (χ4v) is 1.15. The van der Waals surface area contributed by atoms with Gasteiger partial charge in [0.2, 0.25) is 0 Å². The minimum atomic E-state index is -0.800. The summed E-state index contributed by atoms with van der Waals surface area (Å²) in [4.78, 5) is 0. The van der Waals surface area contributed by atoms with E-state index in [4.69, 9.17) is 10.8 Å². The highest BCUT2D eigenvalue weighted by Gasteiger charge is 2.25. The van der Waals surface area contributed by atoms with Crippen LogP contribution in [0, 0.1) is 0 Å². The Kier molecular flexibility index (Phi) is 2.96. The van der Waals surface area contributed by atoms with Gasteiger partial charge >= 0.3 is 0 Å². The van der Waals surface area contributed by atoms with Crippen LogP contribution >= 0.6 is 0 Å². The van der Waals surface area contributed by atoms with Gasteiger partial charge in [0.05, 0.1) is 6.67 Å². The van der Waals surface area contributed by atoms with E-state index in [-0.39, 0.29) is 18.0 Å². The smallest absolute Gasteiger partial charge is 0.157 e. The van der Waals surface area contributed by atoms with Gasteiger partial charge in [0.25, 0.3) is 0 Å². The molecule has 0 aliphatic rings. The largest absolute Gasteiger partial charge is 0.504 e. The van der Waals surface area contributed by atoms with Crippen LogP contribution < -0.4 is 5.73 Å². The van der Waals surface area contributed by atoms with Crippen LogP contribution in [0.25, 0.3) is 0 Å². The number of aromatic hydroxyl groups is 2. The molecule has 0 aromatic heterocycles. The molecular formula is C10H14FNO2. The molecule has 1 rings (SSSR count). The van der Waals surface area contributed by atoms with E-state index in [1.54, 1.807) is 13.0 Å².